The molecule has 3 aromatic rings. The molecular formula is C23H25ClN4O3. The van der Waals surface area contributed by atoms with Crippen molar-refractivity contribution in [3.05, 3.63) is 59.2 Å². The molecule has 1 atom stereocenters. The van der Waals surface area contributed by atoms with Gasteiger partial charge < -0.3 is 19.9 Å². The number of H-pyrrole nitrogens is 1. The molecule has 1 saturated heterocycles. The minimum Gasteiger partial charge on any atom is -0.464 e. The molecule has 0 unspecified atom stereocenters. The molecule has 0 saturated carbocycles. The number of carbonyl (C=O) groups excluding carboxylic acids is 2. The van der Waals surface area contributed by atoms with E-state index in [0.29, 0.717) is 21.6 Å². The Balaban J connectivity index is 1.49. The first kappa shape index (κ1) is 21.2. The van der Waals surface area contributed by atoms with Crippen LogP contribution in [-0.4, -0.2) is 61.1 Å². The second-order valence-electron chi connectivity index (χ2n) is 7.58. The number of ether oxygens (including phenoxy) is 1. The molecule has 1 aliphatic rings. The molecule has 162 valence electrons. The number of aromatic nitrogens is 1. The van der Waals surface area contributed by atoms with Crippen molar-refractivity contribution >= 4 is 45.8 Å². The minimum atomic E-state index is -0.549. The molecule has 2 N–H and O–H groups in total. The molecule has 0 bridgehead atoms. The van der Waals surface area contributed by atoms with Crippen LogP contribution in [0, 0.1) is 0 Å². The van der Waals surface area contributed by atoms with Crippen LogP contribution in [0.4, 0.5) is 11.4 Å². The first-order chi connectivity index (χ1) is 15.0. The van der Waals surface area contributed by atoms with Crippen LogP contribution in [0.15, 0.2) is 48.5 Å². The van der Waals surface area contributed by atoms with Crippen LogP contribution in [0.2, 0.25) is 5.02 Å². The van der Waals surface area contributed by atoms with Crippen molar-refractivity contribution in [1.29, 1.82) is 0 Å². The number of hydrogen-bond acceptors (Lipinski definition) is 5. The molecule has 31 heavy (non-hydrogen) atoms. The van der Waals surface area contributed by atoms with E-state index in [4.69, 9.17) is 16.3 Å². The number of hydrogen-bond donors (Lipinski definition) is 2. The summed E-state index contributed by atoms with van der Waals surface area (Å²) in [7, 11) is 1.31. The predicted molar refractivity (Wildman–Crippen MR) is 123 cm³/mol. The van der Waals surface area contributed by atoms with Gasteiger partial charge in [-0.3, -0.25) is 9.69 Å². The van der Waals surface area contributed by atoms with Crippen LogP contribution in [-0.2, 0) is 9.53 Å². The molecule has 0 spiro atoms. The van der Waals surface area contributed by atoms with Crippen LogP contribution in [0.25, 0.3) is 10.9 Å². The monoisotopic (exact) mass is 440 g/mol. The number of carbonyl (C=O) groups is 2. The van der Waals surface area contributed by atoms with Crippen molar-refractivity contribution in [2.45, 2.75) is 13.0 Å². The summed E-state index contributed by atoms with van der Waals surface area (Å²) in [6.45, 7) is 5.11. The molecule has 1 aliphatic heterocycles. The van der Waals surface area contributed by atoms with E-state index in [1.807, 2.05) is 25.1 Å². The molecule has 4 rings (SSSR count). The van der Waals surface area contributed by atoms with Crippen molar-refractivity contribution in [1.82, 2.24) is 9.88 Å². The third-order valence-electron chi connectivity index (χ3n) is 5.76. The zero-order valence-corrected chi connectivity index (χ0v) is 18.3. The molecule has 1 aromatic heterocycles. The number of para-hydroxylation sites is 1. The van der Waals surface area contributed by atoms with Crippen molar-refractivity contribution in [3.8, 4) is 0 Å². The van der Waals surface area contributed by atoms with Crippen LogP contribution < -0.4 is 10.2 Å². The third kappa shape index (κ3) is 4.38. The highest BCUT2D eigenvalue weighted by Crippen LogP contribution is 2.31. The fourth-order valence-electron chi connectivity index (χ4n) is 3.95. The average Bonchev–Trinajstić information content (AvgIpc) is 3.16. The summed E-state index contributed by atoms with van der Waals surface area (Å²) >= 11 is 6.14. The Bertz CT molecular complexity index is 1090. The van der Waals surface area contributed by atoms with Crippen LogP contribution in [0.1, 0.15) is 17.4 Å². The summed E-state index contributed by atoms with van der Waals surface area (Å²) in [4.78, 5) is 32.8. The lowest BCUT2D eigenvalue weighted by Crippen LogP contribution is -2.52. The molecular weight excluding hydrogens is 416 g/mol. The van der Waals surface area contributed by atoms with E-state index in [0.717, 1.165) is 26.2 Å². The van der Waals surface area contributed by atoms with Gasteiger partial charge in [0, 0.05) is 47.8 Å². The van der Waals surface area contributed by atoms with Crippen LogP contribution >= 0.6 is 11.6 Å². The molecule has 1 amide bonds. The summed E-state index contributed by atoms with van der Waals surface area (Å²) in [6, 6.07) is 15.1. The van der Waals surface area contributed by atoms with E-state index in [1.165, 1.54) is 12.8 Å². The number of rotatable bonds is 5. The molecule has 8 heteroatoms. The van der Waals surface area contributed by atoms with E-state index in [1.54, 1.807) is 18.2 Å². The number of halogens is 1. The van der Waals surface area contributed by atoms with Gasteiger partial charge in [-0.2, -0.15) is 0 Å². The molecule has 0 radical (unpaired) electrons. The molecule has 2 aromatic carbocycles. The number of piperazine rings is 1. The highest BCUT2D eigenvalue weighted by molar-refractivity contribution is 6.31. The summed E-state index contributed by atoms with van der Waals surface area (Å²) in [5.74, 6) is -0.731. The third-order valence-corrected chi connectivity index (χ3v) is 6.00. The smallest absolute Gasteiger partial charge is 0.356 e. The van der Waals surface area contributed by atoms with Crippen LogP contribution in [0.3, 0.4) is 0 Å². The first-order valence-electron chi connectivity index (χ1n) is 10.2. The highest BCUT2D eigenvalue weighted by Gasteiger charge is 2.28. The van der Waals surface area contributed by atoms with Crippen molar-refractivity contribution in [2.24, 2.45) is 0 Å². The summed E-state index contributed by atoms with van der Waals surface area (Å²) in [6.07, 6.45) is 0. The maximum atomic E-state index is 13.1. The van der Waals surface area contributed by atoms with Crippen molar-refractivity contribution in [2.75, 3.05) is 43.5 Å². The van der Waals surface area contributed by atoms with Gasteiger partial charge in [0.05, 0.1) is 18.8 Å². The average molecular weight is 441 g/mol. The Morgan fingerprint density at radius 1 is 1.10 bits per heavy atom. The number of nitrogens with one attached hydrogen (secondary N) is 2. The normalized spacial score (nSPS) is 15.6. The lowest BCUT2D eigenvalue weighted by Gasteiger charge is -2.38. The SMILES string of the molecule is COC(=O)c1[nH]c2ccc(Cl)cc2c1NC(=O)[C@H](C)N1CCN(c2ccccc2)CC1. The van der Waals surface area contributed by atoms with Gasteiger partial charge in [0.15, 0.2) is 0 Å². The van der Waals surface area contributed by atoms with Crippen LogP contribution in [0.5, 0.6) is 0 Å². The zero-order chi connectivity index (χ0) is 22.0. The maximum absolute atomic E-state index is 13.1. The van der Waals surface area contributed by atoms with Gasteiger partial charge >= 0.3 is 5.97 Å². The second-order valence-corrected chi connectivity index (χ2v) is 8.02. The minimum absolute atomic E-state index is 0.181. The predicted octanol–water partition coefficient (Wildman–Crippen LogP) is 3.76. The van der Waals surface area contributed by atoms with Gasteiger partial charge in [-0.05, 0) is 37.3 Å². The van der Waals surface area contributed by atoms with Gasteiger partial charge in [-0.25, -0.2) is 4.79 Å². The Kier molecular flexibility index (Phi) is 6.15. The highest BCUT2D eigenvalue weighted by atomic mass is 35.5. The Hall–Kier alpha value is -3.03. The van der Waals surface area contributed by atoms with Gasteiger partial charge in [0.25, 0.3) is 0 Å². The Morgan fingerprint density at radius 2 is 1.81 bits per heavy atom. The molecule has 0 aliphatic carbocycles. The fraction of sp³-hybridized carbons (Fsp3) is 0.304. The quantitative estimate of drug-likeness (QED) is 0.591. The van der Waals surface area contributed by atoms with E-state index < -0.39 is 5.97 Å². The lowest BCUT2D eigenvalue weighted by atomic mass is 10.1. The van der Waals surface area contributed by atoms with Gasteiger partial charge in [0.2, 0.25) is 5.91 Å². The van der Waals surface area contributed by atoms with E-state index in [-0.39, 0.29) is 17.6 Å². The summed E-state index contributed by atoms with van der Waals surface area (Å²) < 4.78 is 4.88. The zero-order valence-electron chi connectivity index (χ0n) is 17.5. The van der Waals surface area contributed by atoms with Gasteiger partial charge in [0.1, 0.15) is 5.69 Å². The fourth-order valence-corrected chi connectivity index (χ4v) is 4.12. The number of methoxy groups -OCH3 is 1. The molecule has 7 nitrogen and oxygen atoms in total. The van der Waals surface area contributed by atoms with Gasteiger partial charge in [-0.1, -0.05) is 29.8 Å². The number of esters is 1. The standard InChI is InChI=1S/C23H25ClN4O3/c1-15(27-10-12-28(13-11-27)17-6-4-3-5-7-17)22(29)26-20-18-14-16(24)8-9-19(18)25-21(20)23(30)31-2/h3-9,14-15,25H,10-13H2,1-2H3,(H,26,29)/t15-/m0/s1. The largest absolute Gasteiger partial charge is 0.464 e. The second kappa shape index (κ2) is 8.99. The Morgan fingerprint density at radius 3 is 2.48 bits per heavy atom. The number of nitrogens with zero attached hydrogens (tertiary/aromatic N) is 2. The topological polar surface area (TPSA) is 77.7 Å². The van der Waals surface area contributed by atoms with E-state index >= 15 is 0 Å². The number of amides is 1. The van der Waals surface area contributed by atoms with E-state index in [2.05, 4.69) is 32.2 Å². The Labute approximate surface area is 185 Å². The number of fused-ring (bicyclic) bond motifs is 1. The lowest BCUT2D eigenvalue weighted by molar-refractivity contribution is -0.120. The first-order valence-corrected chi connectivity index (χ1v) is 10.6. The summed E-state index contributed by atoms with van der Waals surface area (Å²) in [5.41, 5.74) is 2.49. The number of benzene rings is 2. The molecule has 1 fully saturated rings. The summed E-state index contributed by atoms with van der Waals surface area (Å²) in [5, 5.41) is 4.12. The van der Waals surface area contributed by atoms with E-state index in [9.17, 15) is 9.59 Å². The number of aromatic amines is 1. The maximum Gasteiger partial charge on any atom is 0.356 e. The molecule has 2 heterocycles. The van der Waals surface area contributed by atoms with Crippen molar-refractivity contribution in [3.63, 3.8) is 0 Å². The number of anilines is 2. The van der Waals surface area contributed by atoms with Gasteiger partial charge in [-0.15, -0.1) is 0 Å². The van der Waals surface area contributed by atoms with Crippen molar-refractivity contribution < 1.29 is 14.3 Å².